The van der Waals surface area contributed by atoms with Gasteiger partial charge < -0.3 is 10.2 Å². The van der Waals surface area contributed by atoms with E-state index in [1.54, 1.807) is 0 Å². The van der Waals surface area contributed by atoms with Crippen LogP contribution in [0, 0.1) is 0 Å². The number of nitrogens with zero attached hydrogens (tertiary/aromatic N) is 1. The number of carboxylic acids is 2. The monoisotopic (exact) mass is 287 g/mol. The Bertz CT molecular complexity index is 650. The van der Waals surface area contributed by atoms with Gasteiger partial charge in [-0.25, -0.2) is 22.3 Å². The molecule has 0 radical (unpaired) electrons. The van der Waals surface area contributed by atoms with Crippen LogP contribution in [-0.2, 0) is 19.6 Å². The summed E-state index contributed by atoms with van der Waals surface area (Å²) in [6, 6.07) is 4.58. The number of hydrogen-bond donors (Lipinski definition) is 2. The van der Waals surface area contributed by atoms with Crippen molar-refractivity contribution in [1.29, 1.82) is 0 Å². The van der Waals surface area contributed by atoms with E-state index in [4.69, 9.17) is 10.2 Å². The summed E-state index contributed by atoms with van der Waals surface area (Å²) in [5, 5.41) is 17.3. The Morgan fingerprint density at radius 2 is 1.63 bits per heavy atom. The van der Waals surface area contributed by atoms with Gasteiger partial charge in [-0.2, -0.15) is 0 Å². The summed E-state index contributed by atoms with van der Waals surface area (Å²) in [5.74, 6) is -5.14. The Balaban J connectivity index is 3.40. The first kappa shape index (κ1) is 14.6. The van der Waals surface area contributed by atoms with Crippen LogP contribution in [0.5, 0.6) is 0 Å². The molecule has 1 aromatic carbocycles. The molecule has 0 aliphatic heterocycles. The molecule has 0 atom stereocenters. The molecule has 0 fully saturated rings. The lowest BCUT2D eigenvalue weighted by atomic mass is 10.2. The molecule has 0 spiro atoms. The molecule has 0 unspecified atom stereocenters. The highest BCUT2D eigenvalue weighted by Gasteiger charge is 2.32. The van der Waals surface area contributed by atoms with Crippen molar-refractivity contribution in [1.82, 2.24) is 4.31 Å². The molecule has 0 aliphatic rings. The van der Waals surface area contributed by atoms with E-state index in [1.165, 1.54) is 12.1 Å². The topological polar surface area (TPSA) is 129 Å². The zero-order valence-electron chi connectivity index (χ0n) is 9.60. The molecule has 19 heavy (non-hydrogen) atoms. The molecule has 0 aromatic heterocycles. The largest absolute Gasteiger partial charge is 0.478 e. The van der Waals surface area contributed by atoms with Gasteiger partial charge in [-0.15, -0.1) is 0 Å². The summed E-state index contributed by atoms with van der Waals surface area (Å²) >= 11 is 0. The lowest BCUT2D eigenvalue weighted by Gasteiger charge is -2.16. The molecular formula is C10H9NO7S. The highest BCUT2D eigenvalue weighted by molar-refractivity contribution is 7.89. The molecule has 0 aliphatic carbocycles. The number of benzene rings is 1. The lowest BCUT2D eigenvalue weighted by molar-refractivity contribution is -0.152. The molecule has 0 heterocycles. The van der Waals surface area contributed by atoms with Crippen molar-refractivity contribution in [2.45, 2.75) is 4.90 Å². The summed E-state index contributed by atoms with van der Waals surface area (Å²) in [6.07, 6.45) is 0. The quantitative estimate of drug-likeness (QED) is 0.724. The highest BCUT2D eigenvalue weighted by Crippen LogP contribution is 2.19. The summed E-state index contributed by atoms with van der Waals surface area (Å²) in [4.78, 5) is 31.9. The second-order valence-corrected chi connectivity index (χ2v) is 5.32. The van der Waals surface area contributed by atoms with Gasteiger partial charge in [-0.05, 0) is 12.1 Å². The first-order valence-electron chi connectivity index (χ1n) is 4.78. The molecule has 0 saturated heterocycles. The lowest BCUT2D eigenvalue weighted by Crippen LogP contribution is -2.38. The minimum atomic E-state index is -4.54. The van der Waals surface area contributed by atoms with Crippen LogP contribution < -0.4 is 0 Å². The predicted octanol–water partition coefficient (Wildman–Crippen LogP) is -0.384. The zero-order chi connectivity index (χ0) is 14.8. The summed E-state index contributed by atoms with van der Waals surface area (Å²) in [6.45, 7) is 0. The van der Waals surface area contributed by atoms with Gasteiger partial charge in [0.25, 0.3) is 10.0 Å². The van der Waals surface area contributed by atoms with Crippen LogP contribution in [0.2, 0.25) is 0 Å². The fraction of sp³-hybridized carbons (Fsp3) is 0.100. The number of carbonyl (C=O) groups is 3. The van der Waals surface area contributed by atoms with Gasteiger partial charge >= 0.3 is 17.8 Å². The van der Waals surface area contributed by atoms with Crippen LogP contribution in [0.25, 0.3) is 0 Å². The van der Waals surface area contributed by atoms with Gasteiger partial charge in [-0.3, -0.25) is 4.79 Å². The van der Waals surface area contributed by atoms with Gasteiger partial charge in [0.15, 0.2) is 0 Å². The number of hydrogen-bond acceptors (Lipinski definition) is 5. The van der Waals surface area contributed by atoms with Crippen LogP contribution in [0.15, 0.2) is 29.2 Å². The first-order valence-corrected chi connectivity index (χ1v) is 6.22. The Morgan fingerprint density at radius 1 is 1.11 bits per heavy atom. The Labute approximate surface area is 107 Å². The smallest absolute Gasteiger partial charge is 0.395 e. The average Bonchev–Trinajstić information content (AvgIpc) is 2.36. The van der Waals surface area contributed by atoms with Crippen LogP contribution in [-0.4, -0.2) is 47.8 Å². The van der Waals surface area contributed by atoms with Gasteiger partial charge in [-0.1, -0.05) is 12.1 Å². The maximum absolute atomic E-state index is 12.0. The minimum Gasteiger partial charge on any atom is -0.478 e. The SMILES string of the molecule is CN(C(=O)C(=O)O)S(=O)(=O)c1ccccc1C(=O)O. The standard InChI is InChI=1S/C10H9NO7S/c1-11(8(12)10(15)16)19(17,18)7-5-3-2-4-6(7)9(13)14/h2-5H,1H3,(H,13,14)(H,15,16). The van der Waals surface area contributed by atoms with Crippen molar-refractivity contribution in [2.75, 3.05) is 7.05 Å². The van der Waals surface area contributed by atoms with Crippen molar-refractivity contribution in [3.8, 4) is 0 Å². The predicted molar refractivity (Wildman–Crippen MR) is 61.0 cm³/mol. The number of sulfonamides is 1. The first-order chi connectivity index (χ1) is 8.69. The molecule has 2 N–H and O–H groups in total. The van der Waals surface area contributed by atoms with E-state index in [1.807, 2.05) is 0 Å². The molecule has 1 rings (SSSR count). The third-order valence-electron chi connectivity index (χ3n) is 2.22. The Kier molecular flexibility index (Phi) is 3.90. The second kappa shape index (κ2) is 5.06. The maximum Gasteiger partial charge on any atom is 0.395 e. The van der Waals surface area contributed by atoms with Crippen LogP contribution in [0.1, 0.15) is 10.4 Å². The number of rotatable bonds is 3. The van der Waals surface area contributed by atoms with Gasteiger partial charge in [0, 0.05) is 7.05 Å². The van der Waals surface area contributed by atoms with Crippen LogP contribution in [0.4, 0.5) is 0 Å². The summed E-state index contributed by atoms with van der Waals surface area (Å²) in [7, 11) is -3.80. The number of carbonyl (C=O) groups excluding carboxylic acids is 1. The molecule has 8 nitrogen and oxygen atoms in total. The molecular weight excluding hydrogens is 278 g/mol. The van der Waals surface area contributed by atoms with E-state index in [0.29, 0.717) is 0 Å². The van der Waals surface area contributed by atoms with E-state index < -0.39 is 38.3 Å². The van der Waals surface area contributed by atoms with E-state index in [-0.39, 0.29) is 4.31 Å². The minimum absolute atomic E-state index is 0.0168. The van der Waals surface area contributed by atoms with Crippen LogP contribution in [0.3, 0.4) is 0 Å². The summed E-state index contributed by atoms with van der Waals surface area (Å²) in [5.41, 5.74) is -0.549. The fourth-order valence-electron chi connectivity index (χ4n) is 1.26. The fourth-order valence-corrected chi connectivity index (χ4v) is 2.53. The van der Waals surface area contributed by atoms with Crippen molar-refractivity contribution in [3.63, 3.8) is 0 Å². The second-order valence-electron chi connectivity index (χ2n) is 3.38. The normalized spacial score (nSPS) is 10.8. The Hall–Kier alpha value is -2.42. The molecule has 0 saturated carbocycles. The van der Waals surface area contributed by atoms with Gasteiger partial charge in [0.1, 0.15) is 4.90 Å². The van der Waals surface area contributed by atoms with Gasteiger partial charge in [0.2, 0.25) is 0 Å². The zero-order valence-corrected chi connectivity index (χ0v) is 10.4. The maximum atomic E-state index is 12.0. The molecule has 102 valence electrons. The van der Waals surface area contributed by atoms with Crippen molar-refractivity contribution in [2.24, 2.45) is 0 Å². The van der Waals surface area contributed by atoms with Crippen LogP contribution >= 0.6 is 0 Å². The third kappa shape index (κ3) is 2.71. The number of aliphatic carboxylic acids is 1. The van der Waals surface area contributed by atoms with Crippen molar-refractivity contribution >= 4 is 27.9 Å². The van der Waals surface area contributed by atoms with E-state index in [9.17, 15) is 22.8 Å². The van der Waals surface area contributed by atoms with E-state index in [0.717, 1.165) is 19.2 Å². The number of likely N-dealkylation sites (N-methyl/N-ethyl adjacent to an activating group) is 1. The molecule has 9 heteroatoms. The molecule has 1 aromatic rings. The number of aromatic carboxylic acids is 1. The third-order valence-corrected chi connectivity index (χ3v) is 4.02. The van der Waals surface area contributed by atoms with Crippen molar-refractivity contribution in [3.05, 3.63) is 29.8 Å². The number of amides is 1. The molecule has 0 bridgehead atoms. The highest BCUT2D eigenvalue weighted by atomic mass is 32.2. The average molecular weight is 287 g/mol. The van der Waals surface area contributed by atoms with Gasteiger partial charge in [0.05, 0.1) is 5.56 Å². The number of carboxylic acid groups (broad SMARTS) is 2. The summed E-state index contributed by atoms with van der Waals surface area (Å²) < 4.78 is 23.9. The van der Waals surface area contributed by atoms with E-state index in [2.05, 4.69) is 0 Å². The van der Waals surface area contributed by atoms with E-state index >= 15 is 0 Å². The Morgan fingerprint density at radius 3 is 2.11 bits per heavy atom. The molecule has 1 amide bonds. The van der Waals surface area contributed by atoms with Crippen molar-refractivity contribution < 1.29 is 33.0 Å².